The highest BCUT2D eigenvalue weighted by molar-refractivity contribution is 14.1. The van der Waals surface area contributed by atoms with Crippen molar-refractivity contribution in [2.75, 3.05) is 6.61 Å². The summed E-state index contributed by atoms with van der Waals surface area (Å²) in [7, 11) is 0. The maximum atomic E-state index is 12.2. The molecule has 0 spiro atoms. The van der Waals surface area contributed by atoms with Crippen molar-refractivity contribution in [1.29, 1.82) is 0 Å². The minimum Gasteiger partial charge on any atom is -0.485 e. The minimum atomic E-state index is 0.00242. The summed E-state index contributed by atoms with van der Waals surface area (Å²) in [6.07, 6.45) is 0. The van der Waals surface area contributed by atoms with E-state index in [-0.39, 0.29) is 12.4 Å². The van der Waals surface area contributed by atoms with Gasteiger partial charge in [-0.3, -0.25) is 4.79 Å². The zero-order valence-electron chi connectivity index (χ0n) is 12.5. The lowest BCUT2D eigenvalue weighted by atomic mass is 10.0. The van der Waals surface area contributed by atoms with E-state index in [2.05, 4.69) is 48.6 Å². The number of benzene rings is 2. The van der Waals surface area contributed by atoms with Crippen LogP contribution in [0.15, 0.2) is 42.5 Å². The van der Waals surface area contributed by atoms with Crippen LogP contribution in [0.1, 0.15) is 41.3 Å². The summed E-state index contributed by atoms with van der Waals surface area (Å²) >= 11 is 2.22. The first-order chi connectivity index (χ1) is 9.97. The van der Waals surface area contributed by atoms with Gasteiger partial charge in [0, 0.05) is 9.13 Å². The summed E-state index contributed by atoms with van der Waals surface area (Å²) in [6, 6.07) is 13.7. The second-order valence-electron chi connectivity index (χ2n) is 5.41. The molecule has 0 unspecified atom stereocenters. The van der Waals surface area contributed by atoms with Crippen molar-refractivity contribution in [3.05, 3.63) is 62.7 Å². The Morgan fingerprint density at radius 2 is 1.81 bits per heavy atom. The molecule has 0 bridgehead atoms. The lowest BCUT2D eigenvalue weighted by Gasteiger charge is -2.14. The van der Waals surface area contributed by atoms with Crippen LogP contribution >= 0.6 is 22.6 Å². The molecule has 0 radical (unpaired) electrons. The quantitative estimate of drug-likeness (QED) is 0.528. The third-order valence-corrected chi connectivity index (χ3v) is 4.04. The predicted molar refractivity (Wildman–Crippen MR) is 94.3 cm³/mol. The number of carbonyl (C=O) groups is 1. The van der Waals surface area contributed by atoms with Gasteiger partial charge in [-0.2, -0.15) is 0 Å². The topological polar surface area (TPSA) is 26.3 Å². The molecule has 3 heteroatoms. The van der Waals surface area contributed by atoms with Gasteiger partial charge in [0.1, 0.15) is 5.75 Å². The summed E-state index contributed by atoms with van der Waals surface area (Å²) in [6.45, 7) is 6.35. The van der Waals surface area contributed by atoms with E-state index in [0.717, 1.165) is 20.4 Å². The lowest BCUT2D eigenvalue weighted by Crippen LogP contribution is -2.12. The smallest absolute Gasteiger partial charge is 0.200 e. The van der Waals surface area contributed by atoms with E-state index < -0.39 is 0 Å². The van der Waals surface area contributed by atoms with Gasteiger partial charge in [0.15, 0.2) is 12.4 Å². The van der Waals surface area contributed by atoms with Gasteiger partial charge in [-0.25, -0.2) is 0 Å². The first kappa shape index (κ1) is 16.0. The number of halogens is 1. The zero-order chi connectivity index (χ0) is 15.4. The van der Waals surface area contributed by atoms with Crippen molar-refractivity contribution in [2.24, 2.45) is 0 Å². The van der Waals surface area contributed by atoms with E-state index in [1.54, 1.807) is 0 Å². The molecule has 0 saturated carbocycles. The maximum Gasteiger partial charge on any atom is 0.200 e. The summed E-state index contributed by atoms with van der Waals surface area (Å²) in [5.74, 6) is 1.18. The van der Waals surface area contributed by atoms with Crippen molar-refractivity contribution >= 4 is 28.4 Å². The average molecular weight is 394 g/mol. The molecule has 0 aliphatic heterocycles. The number of aryl methyl sites for hydroxylation is 1. The Bertz CT molecular complexity index is 630. The van der Waals surface area contributed by atoms with Crippen LogP contribution in [0.25, 0.3) is 0 Å². The summed E-state index contributed by atoms with van der Waals surface area (Å²) < 4.78 is 6.89. The standard InChI is InChI=1S/C18H19IO2/c1-12(2)16-9-4-13(3)10-18(16)21-11-17(20)14-5-7-15(19)8-6-14/h4-10,12H,11H2,1-3H3. The SMILES string of the molecule is Cc1ccc(C(C)C)c(OCC(=O)c2ccc(I)cc2)c1. The van der Waals surface area contributed by atoms with Crippen LogP contribution < -0.4 is 4.74 Å². The lowest BCUT2D eigenvalue weighted by molar-refractivity contribution is 0.0920. The number of hydrogen-bond acceptors (Lipinski definition) is 2. The van der Waals surface area contributed by atoms with Crippen LogP contribution in [0.3, 0.4) is 0 Å². The third kappa shape index (κ3) is 4.30. The Labute approximate surface area is 139 Å². The molecule has 0 amide bonds. The Morgan fingerprint density at radius 3 is 2.43 bits per heavy atom. The van der Waals surface area contributed by atoms with Crippen molar-refractivity contribution in [3.8, 4) is 5.75 Å². The molecular formula is C18H19IO2. The molecule has 0 N–H and O–H groups in total. The molecule has 0 atom stereocenters. The molecule has 0 saturated heterocycles. The van der Waals surface area contributed by atoms with Gasteiger partial charge >= 0.3 is 0 Å². The molecular weight excluding hydrogens is 375 g/mol. The van der Waals surface area contributed by atoms with Crippen LogP contribution in [0.4, 0.5) is 0 Å². The number of carbonyl (C=O) groups excluding carboxylic acids is 1. The zero-order valence-corrected chi connectivity index (χ0v) is 14.7. The fraction of sp³-hybridized carbons (Fsp3) is 0.278. The third-order valence-electron chi connectivity index (χ3n) is 3.32. The highest BCUT2D eigenvalue weighted by Crippen LogP contribution is 2.27. The Morgan fingerprint density at radius 1 is 1.14 bits per heavy atom. The molecule has 2 aromatic carbocycles. The van der Waals surface area contributed by atoms with Crippen molar-refractivity contribution in [2.45, 2.75) is 26.7 Å². The molecule has 0 aliphatic rings. The van der Waals surface area contributed by atoms with E-state index in [1.165, 1.54) is 0 Å². The first-order valence-electron chi connectivity index (χ1n) is 6.99. The Kier molecular flexibility index (Phi) is 5.39. The fourth-order valence-corrected chi connectivity index (χ4v) is 2.47. The molecule has 21 heavy (non-hydrogen) atoms. The highest BCUT2D eigenvalue weighted by atomic mass is 127. The summed E-state index contributed by atoms with van der Waals surface area (Å²) in [4.78, 5) is 12.2. The van der Waals surface area contributed by atoms with Crippen LogP contribution in [0.5, 0.6) is 5.75 Å². The number of ether oxygens (including phenoxy) is 1. The highest BCUT2D eigenvalue weighted by Gasteiger charge is 2.11. The second-order valence-corrected chi connectivity index (χ2v) is 6.66. The Balaban J connectivity index is 2.10. The van der Waals surface area contributed by atoms with Gasteiger partial charge < -0.3 is 4.74 Å². The summed E-state index contributed by atoms with van der Waals surface area (Å²) in [5, 5.41) is 0. The van der Waals surface area contributed by atoms with Gasteiger partial charge in [-0.15, -0.1) is 0 Å². The molecule has 0 heterocycles. The molecule has 0 aromatic heterocycles. The van der Waals surface area contributed by atoms with E-state index in [1.807, 2.05) is 37.3 Å². The normalized spacial score (nSPS) is 10.7. The molecule has 0 aliphatic carbocycles. The second kappa shape index (κ2) is 7.07. The number of Topliss-reactive ketones (excluding diaryl/α,β-unsaturated/α-hetero) is 1. The molecule has 2 rings (SSSR count). The van der Waals surface area contributed by atoms with Gasteiger partial charge in [-0.1, -0.05) is 38.1 Å². The van der Waals surface area contributed by atoms with E-state index in [4.69, 9.17) is 4.74 Å². The van der Waals surface area contributed by atoms with E-state index in [9.17, 15) is 4.79 Å². The first-order valence-corrected chi connectivity index (χ1v) is 8.07. The van der Waals surface area contributed by atoms with Crippen molar-refractivity contribution < 1.29 is 9.53 Å². The van der Waals surface area contributed by atoms with E-state index >= 15 is 0 Å². The van der Waals surface area contributed by atoms with Gasteiger partial charge in [0.05, 0.1) is 0 Å². The van der Waals surface area contributed by atoms with Crippen molar-refractivity contribution in [3.63, 3.8) is 0 Å². The minimum absolute atomic E-state index is 0.00242. The number of ketones is 1. The number of rotatable bonds is 5. The summed E-state index contributed by atoms with van der Waals surface area (Å²) in [5.41, 5.74) is 2.96. The van der Waals surface area contributed by atoms with Gasteiger partial charge in [0.25, 0.3) is 0 Å². The van der Waals surface area contributed by atoms with Crippen LogP contribution in [0, 0.1) is 10.5 Å². The van der Waals surface area contributed by atoms with Crippen LogP contribution in [0.2, 0.25) is 0 Å². The van der Waals surface area contributed by atoms with Gasteiger partial charge in [-0.05, 0) is 64.8 Å². The maximum absolute atomic E-state index is 12.2. The van der Waals surface area contributed by atoms with Crippen molar-refractivity contribution in [1.82, 2.24) is 0 Å². The van der Waals surface area contributed by atoms with Gasteiger partial charge in [0.2, 0.25) is 0 Å². The molecule has 2 nitrogen and oxygen atoms in total. The fourth-order valence-electron chi connectivity index (χ4n) is 2.11. The predicted octanol–water partition coefficient (Wildman–Crippen LogP) is 4.98. The average Bonchev–Trinajstić information content (AvgIpc) is 2.45. The van der Waals surface area contributed by atoms with Crippen LogP contribution in [-0.4, -0.2) is 12.4 Å². The Hall–Kier alpha value is -1.36. The molecule has 2 aromatic rings. The largest absolute Gasteiger partial charge is 0.485 e. The number of hydrogen-bond donors (Lipinski definition) is 0. The molecule has 0 fully saturated rings. The molecule has 110 valence electrons. The van der Waals surface area contributed by atoms with Crippen LogP contribution in [-0.2, 0) is 0 Å². The van der Waals surface area contributed by atoms with E-state index in [0.29, 0.717) is 11.5 Å². The monoisotopic (exact) mass is 394 g/mol.